The molecule has 2 atom stereocenters. The summed E-state index contributed by atoms with van der Waals surface area (Å²) in [5.74, 6) is -0.525. The van der Waals surface area contributed by atoms with Crippen LogP contribution in [0.15, 0.2) is 41.8 Å². The van der Waals surface area contributed by atoms with Crippen LogP contribution in [0, 0.1) is 0 Å². The summed E-state index contributed by atoms with van der Waals surface area (Å²) in [5.41, 5.74) is 6.01. The van der Waals surface area contributed by atoms with Crippen LogP contribution < -0.4 is 15.4 Å². The smallest absolute Gasteiger partial charge is 0.264 e. The summed E-state index contributed by atoms with van der Waals surface area (Å²) < 4.78 is 5.62. The molecule has 0 aliphatic carbocycles. The molecule has 1 aromatic carbocycles. The van der Waals surface area contributed by atoms with Gasteiger partial charge in [0.05, 0.1) is 17.1 Å². The van der Waals surface area contributed by atoms with Crippen LogP contribution in [0.5, 0.6) is 5.75 Å². The molecule has 2 aliphatic rings. The Hall–Kier alpha value is -2.87. The van der Waals surface area contributed by atoms with Gasteiger partial charge in [-0.3, -0.25) is 14.4 Å². The molecule has 27 heavy (non-hydrogen) atoms. The third-order valence-corrected chi connectivity index (χ3v) is 5.75. The lowest BCUT2D eigenvalue weighted by molar-refractivity contribution is -0.126. The van der Waals surface area contributed by atoms with Crippen molar-refractivity contribution >= 4 is 34.7 Å². The predicted molar refractivity (Wildman–Crippen MR) is 101 cm³/mol. The number of thiophene rings is 1. The van der Waals surface area contributed by atoms with E-state index in [4.69, 9.17) is 10.5 Å². The molecular formula is C19H19N3O4S. The van der Waals surface area contributed by atoms with E-state index in [0.717, 1.165) is 6.42 Å². The van der Waals surface area contributed by atoms with Gasteiger partial charge in [-0.1, -0.05) is 18.2 Å². The minimum Gasteiger partial charge on any atom is -0.477 e. The SMILES string of the molecule is NC(=O)C1CN(C(=O)C2CCCN2C(=O)c2cccs2)c2ccccc2O1. The van der Waals surface area contributed by atoms with Crippen molar-refractivity contribution in [3.05, 3.63) is 46.7 Å². The fraction of sp³-hybridized carbons (Fsp3) is 0.316. The maximum Gasteiger partial charge on any atom is 0.264 e. The molecular weight excluding hydrogens is 366 g/mol. The zero-order valence-corrected chi connectivity index (χ0v) is 15.4. The molecule has 0 saturated carbocycles. The zero-order valence-electron chi connectivity index (χ0n) is 14.5. The molecule has 8 heteroatoms. The zero-order chi connectivity index (χ0) is 19.0. The van der Waals surface area contributed by atoms with Crippen LogP contribution in [0.1, 0.15) is 22.5 Å². The molecule has 3 heterocycles. The first kappa shape index (κ1) is 17.5. The lowest BCUT2D eigenvalue weighted by Crippen LogP contribution is -2.54. The first-order valence-electron chi connectivity index (χ1n) is 8.77. The number of nitrogens with zero attached hydrogens (tertiary/aromatic N) is 2. The number of para-hydroxylation sites is 2. The molecule has 0 spiro atoms. The summed E-state index contributed by atoms with van der Waals surface area (Å²) >= 11 is 1.36. The average molecular weight is 385 g/mol. The normalized spacial score (nSPS) is 21.5. The molecule has 2 N–H and O–H groups in total. The van der Waals surface area contributed by atoms with Gasteiger partial charge in [0.15, 0.2) is 6.10 Å². The first-order chi connectivity index (χ1) is 13.1. The third-order valence-electron chi connectivity index (χ3n) is 4.89. The summed E-state index contributed by atoms with van der Waals surface area (Å²) in [7, 11) is 0. The number of amides is 3. The molecule has 1 aromatic heterocycles. The summed E-state index contributed by atoms with van der Waals surface area (Å²) in [6.45, 7) is 0.584. The van der Waals surface area contributed by atoms with Crippen LogP contribution in [0.3, 0.4) is 0 Å². The Labute approximate surface area is 160 Å². The van der Waals surface area contributed by atoms with Crippen molar-refractivity contribution in [2.24, 2.45) is 5.73 Å². The Morgan fingerprint density at radius 2 is 1.96 bits per heavy atom. The standard InChI is InChI=1S/C19H19N3O4S/c20-17(23)15-11-22(12-5-1-2-7-14(12)26-15)18(24)13-6-3-9-21(13)19(25)16-8-4-10-27-16/h1-2,4-5,7-8,10,13,15H,3,6,9,11H2,(H2,20,23). The molecule has 2 aromatic rings. The third kappa shape index (κ3) is 3.16. The van der Waals surface area contributed by atoms with Crippen LogP contribution in [0.2, 0.25) is 0 Å². The Kier molecular flexibility index (Phi) is 4.57. The van der Waals surface area contributed by atoms with Crippen molar-refractivity contribution in [1.82, 2.24) is 4.90 Å². The number of ether oxygens (including phenoxy) is 1. The van der Waals surface area contributed by atoms with Crippen LogP contribution in [0.4, 0.5) is 5.69 Å². The van der Waals surface area contributed by atoms with Gasteiger partial charge in [-0.25, -0.2) is 0 Å². The van der Waals surface area contributed by atoms with E-state index in [0.29, 0.717) is 29.3 Å². The van der Waals surface area contributed by atoms with Crippen molar-refractivity contribution in [2.45, 2.75) is 25.0 Å². The van der Waals surface area contributed by atoms with Crippen LogP contribution in [-0.4, -0.2) is 47.9 Å². The van der Waals surface area contributed by atoms with E-state index in [-0.39, 0.29) is 18.4 Å². The Morgan fingerprint density at radius 3 is 2.70 bits per heavy atom. The van der Waals surface area contributed by atoms with Gasteiger partial charge in [-0.05, 0) is 36.4 Å². The molecule has 3 amide bonds. The lowest BCUT2D eigenvalue weighted by atomic mass is 10.1. The quantitative estimate of drug-likeness (QED) is 0.869. The van der Waals surface area contributed by atoms with Gasteiger partial charge in [0.25, 0.3) is 11.8 Å². The van der Waals surface area contributed by atoms with E-state index in [9.17, 15) is 14.4 Å². The number of hydrogen-bond acceptors (Lipinski definition) is 5. The Bertz CT molecular complexity index is 883. The molecule has 7 nitrogen and oxygen atoms in total. The van der Waals surface area contributed by atoms with E-state index in [1.165, 1.54) is 16.2 Å². The molecule has 0 bridgehead atoms. The highest BCUT2D eigenvalue weighted by atomic mass is 32.1. The molecule has 0 radical (unpaired) electrons. The summed E-state index contributed by atoms with van der Waals surface area (Å²) in [6.07, 6.45) is 0.446. The van der Waals surface area contributed by atoms with Gasteiger partial charge in [-0.15, -0.1) is 11.3 Å². The number of anilines is 1. The number of nitrogens with two attached hydrogens (primary N) is 1. The van der Waals surface area contributed by atoms with Gasteiger partial charge in [0, 0.05) is 6.54 Å². The molecule has 140 valence electrons. The number of carbonyl (C=O) groups is 3. The van der Waals surface area contributed by atoms with Crippen LogP contribution in [0.25, 0.3) is 0 Å². The number of benzene rings is 1. The summed E-state index contributed by atoms with van der Waals surface area (Å²) in [5, 5.41) is 1.84. The van der Waals surface area contributed by atoms with E-state index < -0.39 is 18.1 Å². The summed E-state index contributed by atoms with van der Waals surface area (Å²) in [6, 6.07) is 10.1. The Balaban J connectivity index is 1.63. The number of likely N-dealkylation sites (tertiary alicyclic amines) is 1. The van der Waals surface area contributed by atoms with Crippen molar-refractivity contribution in [3.63, 3.8) is 0 Å². The minimum absolute atomic E-state index is 0.0444. The molecule has 2 unspecified atom stereocenters. The highest BCUT2D eigenvalue weighted by Crippen LogP contribution is 2.35. The lowest BCUT2D eigenvalue weighted by Gasteiger charge is -2.36. The second kappa shape index (κ2) is 7.03. The number of rotatable bonds is 3. The first-order valence-corrected chi connectivity index (χ1v) is 9.65. The molecule has 2 aliphatic heterocycles. The van der Waals surface area contributed by atoms with Crippen LogP contribution >= 0.6 is 11.3 Å². The second-order valence-electron chi connectivity index (χ2n) is 6.56. The highest BCUT2D eigenvalue weighted by Gasteiger charge is 2.41. The predicted octanol–water partition coefficient (Wildman–Crippen LogP) is 1.63. The highest BCUT2D eigenvalue weighted by molar-refractivity contribution is 7.12. The second-order valence-corrected chi connectivity index (χ2v) is 7.51. The van der Waals surface area contributed by atoms with Gasteiger partial charge in [-0.2, -0.15) is 0 Å². The maximum absolute atomic E-state index is 13.3. The maximum atomic E-state index is 13.3. The largest absolute Gasteiger partial charge is 0.477 e. The van der Waals surface area contributed by atoms with E-state index >= 15 is 0 Å². The average Bonchev–Trinajstić information content (AvgIpc) is 3.37. The van der Waals surface area contributed by atoms with Crippen molar-refractivity contribution in [3.8, 4) is 5.75 Å². The van der Waals surface area contributed by atoms with E-state index in [1.807, 2.05) is 11.4 Å². The number of fused-ring (bicyclic) bond motifs is 1. The molecule has 1 saturated heterocycles. The number of hydrogen-bond donors (Lipinski definition) is 1. The van der Waals surface area contributed by atoms with Crippen molar-refractivity contribution in [1.29, 1.82) is 0 Å². The molecule has 4 rings (SSSR count). The van der Waals surface area contributed by atoms with E-state index in [1.54, 1.807) is 35.2 Å². The van der Waals surface area contributed by atoms with Gasteiger partial charge >= 0.3 is 0 Å². The number of carbonyl (C=O) groups excluding carboxylic acids is 3. The van der Waals surface area contributed by atoms with Crippen LogP contribution in [-0.2, 0) is 9.59 Å². The van der Waals surface area contributed by atoms with E-state index in [2.05, 4.69) is 0 Å². The monoisotopic (exact) mass is 385 g/mol. The fourth-order valence-corrected chi connectivity index (χ4v) is 4.26. The number of primary amides is 1. The van der Waals surface area contributed by atoms with Crippen molar-refractivity contribution < 1.29 is 19.1 Å². The Morgan fingerprint density at radius 1 is 1.15 bits per heavy atom. The van der Waals surface area contributed by atoms with Gasteiger partial charge in [0.2, 0.25) is 5.91 Å². The molecule has 1 fully saturated rings. The topological polar surface area (TPSA) is 92.9 Å². The van der Waals surface area contributed by atoms with Gasteiger partial charge in [0.1, 0.15) is 11.8 Å². The minimum atomic E-state index is -0.910. The fourth-order valence-electron chi connectivity index (χ4n) is 3.58. The van der Waals surface area contributed by atoms with Crippen molar-refractivity contribution in [2.75, 3.05) is 18.0 Å². The summed E-state index contributed by atoms with van der Waals surface area (Å²) in [4.78, 5) is 41.6. The van der Waals surface area contributed by atoms with Gasteiger partial charge < -0.3 is 20.3 Å².